The van der Waals surface area contributed by atoms with Gasteiger partial charge in [-0.15, -0.1) is 0 Å². The number of carboxylic acids is 1. The third-order valence-electron chi connectivity index (χ3n) is 5.13. The molecule has 0 fully saturated rings. The van der Waals surface area contributed by atoms with Crippen molar-refractivity contribution in [3.8, 4) is 28.2 Å². The first-order valence-corrected chi connectivity index (χ1v) is 9.42. The number of rotatable bonds is 4. The van der Waals surface area contributed by atoms with E-state index in [0.29, 0.717) is 44.5 Å². The summed E-state index contributed by atoms with van der Waals surface area (Å²) in [5.41, 5.74) is 3.01. The van der Waals surface area contributed by atoms with Crippen LogP contribution in [0, 0.1) is 12.7 Å². The smallest absolute Gasteiger partial charge is 0.339 e. The highest BCUT2D eigenvalue weighted by molar-refractivity contribution is 6.12. The summed E-state index contributed by atoms with van der Waals surface area (Å²) in [6, 6.07) is 13.6. The topological polar surface area (TPSA) is 99.8 Å². The van der Waals surface area contributed by atoms with Gasteiger partial charge >= 0.3 is 5.97 Å². The quantitative estimate of drug-likeness (QED) is 0.433. The number of carbonyl (C=O) groups is 2. The van der Waals surface area contributed by atoms with E-state index >= 15 is 0 Å². The minimum absolute atomic E-state index is 0.216. The first-order valence-electron chi connectivity index (χ1n) is 9.42. The number of halogens is 1. The highest BCUT2D eigenvalue weighted by Crippen LogP contribution is 2.37. The van der Waals surface area contributed by atoms with Gasteiger partial charge in [0.25, 0.3) is 5.91 Å². The van der Waals surface area contributed by atoms with Gasteiger partial charge in [-0.05, 0) is 72.1 Å². The van der Waals surface area contributed by atoms with Crippen molar-refractivity contribution in [1.29, 1.82) is 0 Å². The minimum Gasteiger partial charge on any atom is -0.507 e. The predicted octanol–water partition coefficient (Wildman–Crippen LogP) is 4.98. The van der Waals surface area contributed by atoms with Crippen LogP contribution in [0.2, 0.25) is 0 Å². The molecule has 31 heavy (non-hydrogen) atoms. The lowest BCUT2D eigenvalue weighted by molar-refractivity contribution is 0.0693. The molecular weight excluding hydrogens is 401 g/mol. The van der Waals surface area contributed by atoms with Gasteiger partial charge in [-0.1, -0.05) is 6.07 Å². The molecular formula is C24H18FNO5. The second-order valence-corrected chi connectivity index (χ2v) is 7.09. The summed E-state index contributed by atoms with van der Waals surface area (Å²) >= 11 is 0. The molecule has 3 N–H and O–H groups in total. The van der Waals surface area contributed by atoms with Gasteiger partial charge in [0.1, 0.15) is 28.5 Å². The third-order valence-corrected chi connectivity index (χ3v) is 5.13. The van der Waals surface area contributed by atoms with Gasteiger partial charge in [0, 0.05) is 18.0 Å². The van der Waals surface area contributed by atoms with Gasteiger partial charge < -0.3 is 19.9 Å². The van der Waals surface area contributed by atoms with Crippen LogP contribution in [-0.2, 0) is 0 Å². The lowest BCUT2D eigenvalue weighted by atomic mass is 9.95. The van der Waals surface area contributed by atoms with Crippen LogP contribution < -0.4 is 5.32 Å². The summed E-state index contributed by atoms with van der Waals surface area (Å²) < 4.78 is 19.3. The second kappa shape index (κ2) is 7.60. The maximum atomic E-state index is 13.4. The van der Waals surface area contributed by atoms with E-state index < -0.39 is 11.8 Å². The molecule has 0 unspecified atom stereocenters. The van der Waals surface area contributed by atoms with E-state index in [-0.39, 0.29) is 17.2 Å². The highest BCUT2D eigenvalue weighted by Gasteiger charge is 2.22. The molecule has 0 spiro atoms. The Kier molecular flexibility index (Phi) is 4.94. The Hall–Kier alpha value is -4.13. The maximum absolute atomic E-state index is 13.4. The first kappa shape index (κ1) is 20.2. The van der Waals surface area contributed by atoms with Crippen molar-refractivity contribution >= 4 is 22.8 Å². The number of fused-ring (bicyclic) bond motifs is 1. The maximum Gasteiger partial charge on any atom is 0.339 e. The fourth-order valence-corrected chi connectivity index (χ4v) is 3.60. The van der Waals surface area contributed by atoms with Crippen LogP contribution in [0.15, 0.2) is 59.0 Å². The number of aryl methyl sites for hydroxylation is 1. The van der Waals surface area contributed by atoms with E-state index in [4.69, 9.17) is 4.42 Å². The molecule has 4 aromatic rings. The molecule has 0 bridgehead atoms. The third kappa shape index (κ3) is 3.50. The Bertz CT molecular complexity index is 1340. The molecule has 1 heterocycles. The number of benzene rings is 3. The van der Waals surface area contributed by atoms with Crippen molar-refractivity contribution in [2.24, 2.45) is 0 Å². The molecule has 4 rings (SSSR count). The zero-order chi connectivity index (χ0) is 22.3. The molecule has 1 amide bonds. The van der Waals surface area contributed by atoms with E-state index in [9.17, 15) is 24.2 Å². The largest absolute Gasteiger partial charge is 0.507 e. The van der Waals surface area contributed by atoms with Crippen molar-refractivity contribution in [2.75, 3.05) is 7.05 Å². The predicted molar refractivity (Wildman–Crippen MR) is 114 cm³/mol. The normalized spacial score (nSPS) is 10.9. The summed E-state index contributed by atoms with van der Waals surface area (Å²) in [5, 5.41) is 22.4. The van der Waals surface area contributed by atoms with E-state index in [1.54, 1.807) is 25.1 Å². The SMILES string of the molecule is CNC(=O)c1c(-c2ccc(F)cc2)oc2ccc(-c3cc(C(=O)O)c(O)cc3C)cc12. The van der Waals surface area contributed by atoms with Crippen LogP contribution in [0.4, 0.5) is 4.39 Å². The van der Waals surface area contributed by atoms with Gasteiger partial charge in [0.05, 0.1) is 5.56 Å². The van der Waals surface area contributed by atoms with Gasteiger partial charge in [-0.25, -0.2) is 9.18 Å². The number of amides is 1. The number of hydrogen-bond acceptors (Lipinski definition) is 4. The second-order valence-electron chi connectivity index (χ2n) is 7.09. The van der Waals surface area contributed by atoms with Crippen molar-refractivity contribution in [3.63, 3.8) is 0 Å². The molecule has 0 saturated heterocycles. The molecule has 7 heteroatoms. The van der Waals surface area contributed by atoms with Crippen molar-refractivity contribution in [2.45, 2.75) is 6.92 Å². The average Bonchev–Trinajstić information content (AvgIpc) is 3.12. The number of furan rings is 1. The number of carboxylic acid groups (broad SMARTS) is 1. The molecule has 0 radical (unpaired) electrons. The number of aromatic carboxylic acids is 1. The van der Waals surface area contributed by atoms with Crippen molar-refractivity contribution in [1.82, 2.24) is 5.32 Å². The zero-order valence-electron chi connectivity index (χ0n) is 16.7. The van der Waals surface area contributed by atoms with E-state index in [1.165, 1.54) is 43.4 Å². The summed E-state index contributed by atoms with van der Waals surface area (Å²) in [5.74, 6) is -2.03. The fraction of sp³-hybridized carbons (Fsp3) is 0.0833. The van der Waals surface area contributed by atoms with Gasteiger partial charge in [-0.3, -0.25) is 4.79 Å². The Morgan fingerprint density at radius 2 is 1.68 bits per heavy atom. The van der Waals surface area contributed by atoms with Gasteiger partial charge in [0.15, 0.2) is 0 Å². The lowest BCUT2D eigenvalue weighted by Gasteiger charge is -2.10. The minimum atomic E-state index is -1.24. The molecule has 0 atom stereocenters. The van der Waals surface area contributed by atoms with Crippen LogP contribution in [0.3, 0.4) is 0 Å². The highest BCUT2D eigenvalue weighted by atomic mass is 19.1. The Labute approximate surface area is 176 Å². The summed E-state index contributed by atoms with van der Waals surface area (Å²) in [4.78, 5) is 24.1. The number of phenols is 1. The molecule has 0 aliphatic rings. The van der Waals surface area contributed by atoms with E-state index in [0.717, 1.165) is 0 Å². The Morgan fingerprint density at radius 1 is 1.00 bits per heavy atom. The molecule has 156 valence electrons. The Morgan fingerprint density at radius 3 is 2.32 bits per heavy atom. The van der Waals surface area contributed by atoms with Crippen LogP contribution in [-0.4, -0.2) is 29.1 Å². The van der Waals surface area contributed by atoms with Crippen molar-refractivity contribution in [3.05, 3.63) is 77.1 Å². The van der Waals surface area contributed by atoms with Crippen LogP contribution in [0.5, 0.6) is 5.75 Å². The number of hydrogen-bond donors (Lipinski definition) is 3. The molecule has 1 aromatic heterocycles. The lowest BCUT2D eigenvalue weighted by Crippen LogP contribution is -2.18. The van der Waals surface area contributed by atoms with Gasteiger partial charge in [0.2, 0.25) is 0 Å². The number of nitrogens with one attached hydrogen (secondary N) is 1. The van der Waals surface area contributed by atoms with Crippen LogP contribution in [0.1, 0.15) is 26.3 Å². The fourth-order valence-electron chi connectivity index (χ4n) is 3.60. The zero-order valence-corrected chi connectivity index (χ0v) is 16.7. The summed E-state index contributed by atoms with van der Waals surface area (Å²) in [7, 11) is 1.50. The molecule has 0 aliphatic heterocycles. The summed E-state index contributed by atoms with van der Waals surface area (Å²) in [6.45, 7) is 1.75. The molecule has 0 saturated carbocycles. The molecule has 3 aromatic carbocycles. The summed E-state index contributed by atoms with van der Waals surface area (Å²) in [6.07, 6.45) is 0. The molecule has 0 aliphatic carbocycles. The van der Waals surface area contributed by atoms with E-state index in [2.05, 4.69) is 5.32 Å². The number of aromatic hydroxyl groups is 1. The standard InChI is InChI=1S/C24H18FNO5/c1-12-9-19(27)17(24(29)30)11-16(12)14-5-8-20-18(10-14)21(23(28)26-2)22(31-20)13-3-6-15(25)7-4-13/h3-11,27H,1-2H3,(H,26,28)(H,29,30). The van der Waals surface area contributed by atoms with Crippen LogP contribution >= 0.6 is 0 Å². The van der Waals surface area contributed by atoms with Gasteiger partial charge in [-0.2, -0.15) is 0 Å². The van der Waals surface area contributed by atoms with E-state index in [1.807, 2.05) is 0 Å². The van der Waals surface area contributed by atoms with Crippen LogP contribution in [0.25, 0.3) is 33.4 Å². The number of carbonyl (C=O) groups excluding carboxylic acids is 1. The Balaban J connectivity index is 1.96. The average molecular weight is 419 g/mol. The first-order chi connectivity index (χ1) is 14.8. The van der Waals surface area contributed by atoms with Crippen molar-refractivity contribution < 1.29 is 28.6 Å². The molecule has 6 nitrogen and oxygen atoms in total. The monoisotopic (exact) mass is 419 g/mol.